The van der Waals surface area contributed by atoms with Gasteiger partial charge >= 0.3 is 0 Å². The molecule has 0 radical (unpaired) electrons. The predicted molar refractivity (Wildman–Crippen MR) is 106 cm³/mol. The van der Waals surface area contributed by atoms with E-state index in [1.807, 2.05) is 0 Å². The zero-order valence-electron chi connectivity index (χ0n) is 15.9. The number of carbonyl (C=O) groups is 1. The minimum Gasteiger partial charge on any atom is -0.497 e. The number of hydrogen-bond donors (Lipinski definition) is 1. The molecule has 1 unspecified atom stereocenters. The van der Waals surface area contributed by atoms with Crippen molar-refractivity contribution in [1.29, 1.82) is 0 Å². The van der Waals surface area contributed by atoms with Gasteiger partial charge in [0, 0.05) is 25.8 Å². The Hall–Kier alpha value is -2.58. The van der Waals surface area contributed by atoms with E-state index in [0.717, 1.165) is 23.8 Å². The van der Waals surface area contributed by atoms with Gasteiger partial charge in [-0.25, -0.2) is 8.42 Å². The van der Waals surface area contributed by atoms with Crippen molar-refractivity contribution in [3.8, 4) is 5.75 Å². The largest absolute Gasteiger partial charge is 0.497 e. The van der Waals surface area contributed by atoms with Gasteiger partial charge in [0.25, 0.3) is 15.9 Å². The van der Waals surface area contributed by atoms with E-state index >= 15 is 0 Å². The zero-order valence-corrected chi connectivity index (χ0v) is 16.7. The molecule has 1 fully saturated rings. The van der Waals surface area contributed by atoms with Crippen molar-refractivity contribution in [2.24, 2.45) is 0 Å². The van der Waals surface area contributed by atoms with Crippen LogP contribution in [0.3, 0.4) is 0 Å². The third kappa shape index (κ3) is 4.45. The van der Waals surface area contributed by atoms with Crippen LogP contribution in [0.25, 0.3) is 0 Å². The zero-order chi connectivity index (χ0) is 20.1. The van der Waals surface area contributed by atoms with Crippen molar-refractivity contribution < 1.29 is 22.7 Å². The van der Waals surface area contributed by atoms with Gasteiger partial charge in [-0.1, -0.05) is 6.07 Å². The second-order valence-electron chi connectivity index (χ2n) is 6.54. The van der Waals surface area contributed by atoms with Crippen LogP contribution in [0.15, 0.2) is 53.4 Å². The van der Waals surface area contributed by atoms with Crippen LogP contribution in [-0.2, 0) is 14.8 Å². The van der Waals surface area contributed by atoms with Gasteiger partial charge in [-0.3, -0.25) is 9.10 Å². The van der Waals surface area contributed by atoms with Crippen LogP contribution < -0.4 is 14.4 Å². The number of sulfonamides is 1. The van der Waals surface area contributed by atoms with Crippen molar-refractivity contribution in [1.82, 2.24) is 5.32 Å². The summed E-state index contributed by atoms with van der Waals surface area (Å²) in [7, 11) is -0.779. The van der Waals surface area contributed by atoms with E-state index in [0.29, 0.717) is 23.5 Å². The Morgan fingerprint density at radius 1 is 1.25 bits per heavy atom. The molecular weight excluding hydrogens is 380 g/mol. The maximum absolute atomic E-state index is 12.9. The van der Waals surface area contributed by atoms with Gasteiger partial charge in [0.2, 0.25) is 0 Å². The first-order chi connectivity index (χ1) is 13.4. The second kappa shape index (κ2) is 8.62. The summed E-state index contributed by atoms with van der Waals surface area (Å²) in [6.07, 6.45) is 1.98. The van der Waals surface area contributed by atoms with Crippen LogP contribution >= 0.6 is 0 Å². The minimum absolute atomic E-state index is 0.0465. The molecule has 2 aromatic rings. The molecule has 0 aliphatic carbocycles. The minimum atomic E-state index is -3.76. The number of amides is 1. The van der Waals surface area contributed by atoms with Gasteiger partial charge in [0.15, 0.2) is 0 Å². The molecule has 1 aliphatic rings. The van der Waals surface area contributed by atoms with E-state index in [1.165, 1.54) is 26.3 Å². The average molecular weight is 404 g/mol. The molecule has 1 heterocycles. The SMILES string of the molecule is COc1ccc(S(=O)(=O)N(C)c2cccc(C(=O)NCC3CCCO3)c2)cc1. The Kier molecular flexibility index (Phi) is 6.21. The van der Waals surface area contributed by atoms with E-state index < -0.39 is 10.0 Å². The normalized spacial score (nSPS) is 16.6. The highest BCUT2D eigenvalue weighted by Crippen LogP contribution is 2.24. The highest BCUT2D eigenvalue weighted by atomic mass is 32.2. The van der Waals surface area contributed by atoms with E-state index in [9.17, 15) is 13.2 Å². The van der Waals surface area contributed by atoms with Crippen LogP contribution in [0.5, 0.6) is 5.75 Å². The molecule has 0 saturated carbocycles. The number of hydrogen-bond acceptors (Lipinski definition) is 5. The van der Waals surface area contributed by atoms with Gasteiger partial charge < -0.3 is 14.8 Å². The Labute approximate surface area is 165 Å². The molecule has 1 saturated heterocycles. The van der Waals surface area contributed by atoms with E-state index in [1.54, 1.807) is 36.4 Å². The molecular formula is C20H24N2O5S. The quantitative estimate of drug-likeness (QED) is 0.766. The number of carbonyl (C=O) groups excluding carboxylic acids is 1. The number of methoxy groups -OCH3 is 1. The summed E-state index contributed by atoms with van der Waals surface area (Å²) in [5.74, 6) is 0.319. The molecule has 0 aromatic heterocycles. The number of ether oxygens (including phenoxy) is 2. The molecule has 3 rings (SSSR count). The summed E-state index contributed by atoms with van der Waals surface area (Å²) in [5, 5.41) is 2.84. The third-order valence-electron chi connectivity index (χ3n) is 4.70. The Morgan fingerprint density at radius 3 is 2.64 bits per heavy atom. The summed E-state index contributed by atoms with van der Waals surface area (Å²) in [6, 6.07) is 12.7. The summed E-state index contributed by atoms with van der Waals surface area (Å²) < 4.78 is 37.5. The Morgan fingerprint density at radius 2 is 2.00 bits per heavy atom. The smallest absolute Gasteiger partial charge is 0.264 e. The number of benzene rings is 2. The van der Waals surface area contributed by atoms with Gasteiger partial charge in [0.1, 0.15) is 5.75 Å². The molecule has 8 heteroatoms. The maximum atomic E-state index is 12.9. The Bertz CT molecular complexity index is 922. The topological polar surface area (TPSA) is 84.9 Å². The van der Waals surface area contributed by atoms with Crippen molar-refractivity contribution in [3.63, 3.8) is 0 Å². The van der Waals surface area contributed by atoms with Crippen molar-refractivity contribution in [3.05, 3.63) is 54.1 Å². The van der Waals surface area contributed by atoms with Crippen molar-refractivity contribution in [2.75, 3.05) is 31.6 Å². The lowest BCUT2D eigenvalue weighted by Crippen LogP contribution is -2.32. The van der Waals surface area contributed by atoms with Crippen molar-refractivity contribution >= 4 is 21.6 Å². The van der Waals surface area contributed by atoms with Crippen LogP contribution in [0.4, 0.5) is 5.69 Å². The first kappa shape index (κ1) is 20.2. The number of nitrogens with zero attached hydrogens (tertiary/aromatic N) is 1. The van der Waals surface area contributed by atoms with E-state index in [-0.39, 0.29) is 16.9 Å². The fourth-order valence-corrected chi connectivity index (χ4v) is 4.19. The first-order valence-electron chi connectivity index (χ1n) is 9.04. The van der Waals surface area contributed by atoms with Gasteiger partial charge in [0.05, 0.1) is 23.8 Å². The highest BCUT2D eigenvalue weighted by molar-refractivity contribution is 7.92. The third-order valence-corrected chi connectivity index (χ3v) is 6.50. The summed E-state index contributed by atoms with van der Waals surface area (Å²) in [4.78, 5) is 12.6. The second-order valence-corrected chi connectivity index (χ2v) is 8.51. The summed E-state index contributed by atoms with van der Waals surface area (Å²) in [6.45, 7) is 1.17. The molecule has 0 spiro atoms. The molecule has 7 nitrogen and oxygen atoms in total. The summed E-state index contributed by atoms with van der Waals surface area (Å²) >= 11 is 0. The number of anilines is 1. The molecule has 0 bridgehead atoms. The molecule has 1 N–H and O–H groups in total. The molecule has 28 heavy (non-hydrogen) atoms. The van der Waals surface area contributed by atoms with E-state index in [2.05, 4.69) is 5.32 Å². The lowest BCUT2D eigenvalue weighted by molar-refractivity contribution is 0.0858. The van der Waals surface area contributed by atoms with Gasteiger partial charge in [-0.05, 0) is 55.3 Å². The fraction of sp³-hybridized carbons (Fsp3) is 0.350. The van der Waals surface area contributed by atoms with Crippen molar-refractivity contribution in [2.45, 2.75) is 23.8 Å². The number of rotatable bonds is 7. The lowest BCUT2D eigenvalue weighted by atomic mass is 10.2. The monoisotopic (exact) mass is 404 g/mol. The van der Waals surface area contributed by atoms with E-state index in [4.69, 9.17) is 9.47 Å². The standard InChI is InChI=1S/C20H24N2O5S/c1-22(28(24,25)19-10-8-17(26-2)9-11-19)16-6-3-5-15(13-16)20(23)21-14-18-7-4-12-27-18/h3,5-6,8-11,13,18H,4,7,12,14H2,1-2H3,(H,21,23). The molecule has 150 valence electrons. The Balaban J connectivity index is 1.74. The molecule has 1 atom stereocenters. The van der Waals surface area contributed by atoms with Crippen LogP contribution in [0.1, 0.15) is 23.2 Å². The summed E-state index contributed by atoms with van der Waals surface area (Å²) in [5.41, 5.74) is 0.799. The lowest BCUT2D eigenvalue weighted by Gasteiger charge is -2.20. The first-order valence-corrected chi connectivity index (χ1v) is 10.5. The molecule has 2 aromatic carbocycles. The van der Waals surface area contributed by atoms with Gasteiger partial charge in [-0.2, -0.15) is 0 Å². The molecule has 1 amide bonds. The fourth-order valence-electron chi connectivity index (χ4n) is 3.00. The maximum Gasteiger partial charge on any atom is 0.264 e. The van der Waals surface area contributed by atoms with Crippen LogP contribution in [-0.4, -0.2) is 47.7 Å². The van der Waals surface area contributed by atoms with Crippen LogP contribution in [0.2, 0.25) is 0 Å². The predicted octanol–water partition coefficient (Wildman–Crippen LogP) is 2.43. The molecule has 1 aliphatic heterocycles. The average Bonchev–Trinajstić information content (AvgIpc) is 3.25. The number of nitrogens with one attached hydrogen (secondary N) is 1. The van der Waals surface area contributed by atoms with Gasteiger partial charge in [-0.15, -0.1) is 0 Å². The van der Waals surface area contributed by atoms with Crippen LogP contribution in [0, 0.1) is 0 Å². The highest BCUT2D eigenvalue weighted by Gasteiger charge is 2.22.